The van der Waals surface area contributed by atoms with Gasteiger partial charge in [0.1, 0.15) is 12.3 Å². The summed E-state index contributed by atoms with van der Waals surface area (Å²) in [5.74, 6) is 0.368. The molecule has 168 valence electrons. The molecule has 1 heterocycles. The third kappa shape index (κ3) is 5.30. The van der Waals surface area contributed by atoms with Crippen LogP contribution < -0.4 is 14.8 Å². The summed E-state index contributed by atoms with van der Waals surface area (Å²) in [4.78, 5) is 26.3. The molecule has 0 atom stereocenters. The number of hydrogen-bond donors (Lipinski definition) is 1. The molecule has 6 nitrogen and oxygen atoms in total. The smallest absolute Gasteiger partial charge is 0.329 e. The van der Waals surface area contributed by atoms with Crippen molar-refractivity contribution in [2.75, 3.05) is 7.11 Å². The van der Waals surface area contributed by atoms with E-state index in [-0.39, 0.29) is 18.8 Å². The number of ether oxygens (including phenoxy) is 2. The van der Waals surface area contributed by atoms with Crippen LogP contribution in [0.5, 0.6) is 11.5 Å². The molecule has 3 amide bonds. The number of amides is 3. The first-order valence-corrected chi connectivity index (χ1v) is 10.8. The predicted molar refractivity (Wildman–Crippen MR) is 127 cm³/mol. The summed E-state index contributed by atoms with van der Waals surface area (Å²) in [5.41, 5.74) is 2.51. The summed E-state index contributed by atoms with van der Waals surface area (Å²) >= 11 is 12.4. The quantitative estimate of drug-likeness (QED) is 0.347. The van der Waals surface area contributed by atoms with Crippen LogP contribution in [0.2, 0.25) is 10.0 Å². The van der Waals surface area contributed by atoms with Gasteiger partial charge in [0.05, 0.1) is 18.7 Å². The van der Waals surface area contributed by atoms with Gasteiger partial charge in [-0.25, -0.2) is 4.79 Å². The van der Waals surface area contributed by atoms with Crippen molar-refractivity contribution in [1.29, 1.82) is 0 Å². The number of halogens is 2. The number of nitrogens with one attached hydrogen (secondary N) is 1. The molecule has 3 aromatic rings. The molecule has 0 bridgehead atoms. The Morgan fingerprint density at radius 3 is 2.39 bits per heavy atom. The molecule has 33 heavy (non-hydrogen) atoms. The number of urea groups is 1. The predicted octanol–water partition coefficient (Wildman–Crippen LogP) is 5.67. The SMILES string of the molecule is COc1cc(/C=C2/NC(=O)N(Cc3ccccc3)C2=O)cc(Cl)c1OCc1ccc(Cl)cc1. The topological polar surface area (TPSA) is 67.9 Å². The summed E-state index contributed by atoms with van der Waals surface area (Å²) in [6, 6.07) is 19.4. The minimum Gasteiger partial charge on any atom is -0.493 e. The Bertz CT molecular complexity index is 1210. The van der Waals surface area contributed by atoms with E-state index in [0.717, 1.165) is 16.0 Å². The van der Waals surface area contributed by atoms with Crippen molar-refractivity contribution in [2.45, 2.75) is 13.2 Å². The van der Waals surface area contributed by atoms with Crippen molar-refractivity contribution in [3.8, 4) is 11.5 Å². The Morgan fingerprint density at radius 1 is 0.970 bits per heavy atom. The number of hydrogen-bond acceptors (Lipinski definition) is 4. The monoisotopic (exact) mass is 482 g/mol. The summed E-state index contributed by atoms with van der Waals surface area (Å²) in [5, 5.41) is 3.57. The zero-order chi connectivity index (χ0) is 23.4. The van der Waals surface area contributed by atoms with Crippen molar-refractivity contribution in [3.63, 3.8) is 0 Å². The Hall–Kier alpha value is -3.48. The van der Waals surface area contributed by atoms with E-state index in [2.05, 4.69) is 5.32 Å². The highest BCUT2D eigenvalue weighted by Gasteiger charge is 2.33. The molecular weight excluding hydrogens is 463 g/mol. The lowest BCUT2D eigenvalue weighted by molar-refractivity contribution is -0.123. The summed E-state index contributed by atoms with van der Waals surface area (Å²) in [7, 11) is 1.50. The summed E-state index contributed by atoms with van der Waals surface area (Å²) in [6.07, 6.45) is 1.56. The zero-order valence-electron chi connectivity index (χ0n) is 17.7. The van der Waals surface area contributed by atoms with Crippen LogP contribution in [0.1, 0.15) is 16.7 Å². The number of carbonyl (C=O) groups excluding carboxylic acids is 2. The van der Waals surface area contributed by atoms with Gasteiger partial charge in [0.2, 0.25) is 0 Å². The lowest BCUT2D eigenvalue weighted by Crippen LogP contribution is -2.30. The third-order valence-electron chi connectivity index (χ3n) is 5.01. The Kier molecular flexibility index (Phi) is 6.87. The second-order valence-corrected chi connectivity index (χ2v) is 8.16. The molecule has 1 fully saturated rings. The average Bonchev–Trinajstić information content (AvgIpc) is 3.07. The molecule has 0 aromatic heterocycles. The first kappa shape index (κ1) is 22.7. The van der Waals surface area contributed by atoms with E-state index in [1.54, 1.807) is 30.3 Å². The number of nitrogens with zero attached hydrogens (tertiary/aromatic N) is 1. The van der Waals surface area contributed by atoms with E-state index in [1.165, 1.54) is 7.11 Å². The number of carbonyl (C=O) groups is 2. The van der Waals surface area contributed by atoms with E-state index < -0.39 is 11.9 Å². The standard InChI is InChI=1S/C25H20Cl2N2O4/c1-32-22-13-18(11-20(27)23(22)33-15-17-7-9-19(26)10-8-17)12-21-24(30)29(25(31)28-21)14-16-5-3-2-4-6-16/h2-13H,14-15H2,1H3,(H,28,31)/b21-12+. The fourth-order valence-corrected chi connectivity index (χ4v) is 3.75. The highest BCUT2D eigenvalue weighted by molar-refractivity contribution is 6.32. The Morgan fingerprint density at radius 2 is 1.70 bits per heavy atom. The molecule has 1 saturated heterocycles. The van der Waals surface area contributed by atoms with Gasteiger partial charge in [-0.05, 0) is 47.0 Å². The van der Waals surface area contributed by atoms with Crippen LogP contribution in [0.15, 0.2) is 72.4 Å². The minimum atomic E-state index is -0.476. The van der Waals surface area contributed by atoms with Crippen LogP contribution in [0.4, 0.5) is 4.79 Å². The summed E-state index contributed by atoms with van der Waals surface area (Å²) < 4.78 is 11.3. The van der Waals surface area contributed by atoms with E-state index in [9.17, 15) is 9.59 Å². The van der Waals surface area contributed by atoms with E-state index in [4.69, 9.17) is 32.7 Å². The molecule has 3 aromatic carbocycles. The van der Waals surface area contributed by atoms with Crippen LogP contribution in [0, 0.1) is 0 Å². The second-order valence-electron chi connectivity index (χ2n) is 7.31. The zero-order valence-corrected chi connectivity index (χ0v) is 19.2. The molecule has 4 rings (SSSR count). The van der Waals surface area contributed by atoms with E-state index in [0.29, 0.717) is 27.1 Å². The van der Waals surface area contributed by atoms with Crippen molar-refractivity contribution < 1.29 is 19.1 Å². The number of benzene rings is 3. The molecule has 1 aliphatic heterocycles. The molecule has 0 saturated carbocycles. The van der Waals surface area contributed by atoms with Crippen molar-refractivity contribution in [2.24, 2.45) is 0 Å². The van der Waals surface area contributed by atoms with Gasteiger partial charge in [-0.2, -0.15) is 0 Å². The summed E-state index contributed by atoms with van der Waals surface area (Å²) in [6.45, 7) is 0.459. The average molecular weight is 483 g/mol. The first-order chi connectivity index (χ1) is 15.9. The fraction of sp³-hybridized carbons (Fsp3) is 0.120. The molecule has 0 radical (unpaired) electrons. The molecule has 8 heteroatoms. The molecule has 0 unspecified atom stereocenters. The van der Waals surface area contributed by atoms with Gasteiger partial charge in [-0.1, -0.05) is 65.7 Å². The van der Waals surface area contributed by atoms with Crippen LogP contribution in [0.3, 0.4) is 0 Å². The molecular formula is C25H20Cl2N2O4. The van der Waals surface area contributed by atoms with Crippen molar-refractivity contribution >= 4 is 41.2 Å². The van der Waals surface area contributed by atoms with Crippen molar-refractivity contribution in [1.82, 2.24) is 10.2 Å². The number of methoxy groups -OCH3 is 1. The van der Waals surface area contributed by atoms with Crippen LogP contribution >= 0.6 is 23.2 Å². The Labute approximate surface area is 201 Å². The van der Waals surface area contributed by atoms with E-state index >= 15 is 0 Å². The van der Waals surface area contributed by atoms with Crippen molar-refractivity contribution in [3.05, 3.63) is 99.2 Å². The molecule has 0 spiro atoms. The largest absolute Gasteiger partial charge is 0.493 e. The van der Waals surface area contributed by atoms with Gasteiger partial charge < -0.3 is 14.8 Å². The lowest BCUT2D eigenvalue weighted by atomic mass is 10.1. The second kappa shape index (κ2) is 9.98. The number of rotatable bonds is 7. The normalized spacial score (nSPS) is 14.5. The minimum absolute atomic E-state index is 0.156. The number of imide groups is 1. The van der Waals surface area contributed by atoms with Crippen LogP contribution in [0.25, 0.3) is 6.08 Å². The van der Waals surface area contributed by atoms with Crippen LogP contribution in [-0.2, 0) is 17.9 Å². The maximum absolute atomic E-state index is 12.8. The molecule has 1 N–H and O–H groups in total. The lowest BCUT2D eigenvalue weighted by Gasteiger charge is -2.14. The third-order valence-corrected chi connectivity index (χ3v) is 5.54. The molecule has 1 aliphatic rings. The molecule has 0 aliphatic carbocycles. The van der Waals surface area contributed by atoms with E-state index in [1.807, 2.05) is 42.5 Å². The van der Waals surface area contributed by atoms with Gasteiger partial charge in [0.25, 0.3) is 5.91 Å². The van der Waals surface area contributed by atoms with Gasteiger partial charge in [-0.15, -0.1) is 0 Å². The maximum Gasteiger partial charge on any atom is 0.329 e. The van der Waals surface area contributed by atoms with Gasteiger partial charge >= 0.3 is 6.03 Å². The highest BCUT2D eigenvalue weighted by Crippen LogP contribution is 2.37. The van der Waals surface area contributed by atoms with Gasteiger partial charge in [0, 0.05) is 5.02 Å². The highest BCUT2D eigenvalue weighted by atomic mass is 35.5. The Balaban J connectivity index is 1.53. The van der Waals surface area contributed by atoms with Gasteiger partial charge in [-0.3, -0.25) is 9.69 Å². The first-order valence-electron chi connectivity index (χ1n) is 10.1. The van der Waals surface area contributed by atoms with Crippen LogP contribution in [-0.4, -0.2) is 23.9 Å². The fourth-order valence-electron chi connectivity index (χ4n) is 3.35. The maximum atomic E-state index is 12.8. The van der Waals surface area contributed by atoms with Gasteiger partial charge in [0.15, 0.2) is 11.5 Å².